The number of benzene rings is 1. The van der Waals surface area contributed by atoms with Gasteiger partial charge in [-0.25, -0.2) is 4.79 Å². The van der Waals surface area contributed by atoms with Gasteiger partial charge in [-0.15, -0.1) is 0 Å². The van der Waals surface area contributed by atoms with Crippen LogP contribution in [0.15, 0.2) is 35.3 Å². The molecule has 1 aromatic carbocycles. The van der Waals surface area contributed by atoms with E-state index in [-0.39, 0.29) is 0 Å². The molecular weight excluding hydrogens is 324 g/mol. The third-order valence-electron chi connectivity index (χ3n) is 5.21. The lowest BCUT2D eigenvalue weighted by atomic mass is 9.85. The number of carbonyl (C=O) groups excluding carboxylic acids is 1. The minimum Gasteiger partial charge on any atom is -0.442 e. The summed E-state index contributed by atoms with van der Waals surface area (Å²) in [6.45, 7) is 6.78. The molecular formula is C22H32N2O2. The van der Waals surface area contributed by atoms with Gasteiger partial charge in [-0.3, -0.25) is 0 Å². The number of hydrogen-bond donors (Lipinski definition) is 0. The fourth-order valence-corrected chi connectivity index (χ4v) is 3.68. The smallest absolute Gasteiger partial charge is 0.433 e. The van der Waals surface area contributed by atoms with Gasteiger partial charge in [0.05, 0.1) is 0 Å². The molecule has 0 atom stereocenters. The second-order valence-electron chi connectivity index (χ2n) is 8.76. The summed E-state index contributed by atoms with van der Waals surface area (Å²) in [4.78, 5) is 18.4. The van der Waals surface area contributed by atoms with E-state index in [0.717, 1.165) is 31.6 Å². The Morgan fingerprint density at radius 1 is 1.12 bits per heavy atom. The second-order valence-corrected chi connectivity index (χ2v) is 8.76. The lowest BCUT2D eigenvalue weighted by molar-refractivity contribution is 0.0604. The Morgan fingerprint density at radius 2 is 1.77 bits per heavy atom. The Kier molecular flexibility index (Phi) is 6.00. The van der Waals surface area contributed by atoms with Crippen LogP contribution in [0.2, 0.25) is 0 Å². The van der Waals surface area contributed by atoms with Crippen LogP contribution in [0.25, 0.3) is 0 Å². The van der Waals surface area contributed by atoms with Gasteiger partial charge in [0.1, 0.15) is 5.60 Å². The highest BCUT2D eigenvalue weighted by molar-refractivity contribution is 5.80. The van der Waals surface area contributed by atoms with E-state index in [2.05, 4.69) is 40.2 Å². The summed E-state index contributed by atoms with van der Waals surface area (Å²) < 4.78 is 5.25. The normalized spacial score (nSPS) is 23.8. The summed E-state index contributed by atoms with van der Waals surface area (Å²) in [5.74, 6) is 1.26. The van der Waals surface area contributed by atoms with Gasteiger partial charge in [-0.05, 0) is 83.3 Å². The molecule has 0 aliphatic heterocycles. The van der Waals surface area contributed by atoms with Crippen LogP contribution in [0.1, 0.15) is 59.3 Å². The van der Waals surface area contributed by atoms with Gasteiger partial charge in [0.15, 0.2) is 0 Å². The Bertz CT molecular complexity index is 609. The van der Waals surface area contributed by atoms with E-state index in [0.29, 0.717) is 12.0 Å². The lowest BCUT2D eigenvalue weighted by Crippen LogP contribution is -2.39. The van der Waals surface area contributed by atoms with Crippen molar-refractivity contribution < 1.29 is 9.53 Å². The van der Waals surface area contributed by atoms with Crippen LogP contribution in [0.5, 0.6) is 0 Å². The first kappa shape index (κ1) is 18.9. The molecule has 0 bridgehead atoms. The monoisotopic (exact) mass is 356 g/mol. The van der Waals surface area contributed by atoms with E-state index in [1.54, 1.807) is 0 Å². The summed E-state index contributed by atoms with van der Waals surface area (Å²) in [7, 11) is 0. The molecule has 2 fully saturated rings. The maximum absolute atomic E-state index is 11.8. The molecule has 1 aromatic rings. The molecule has 2 aliphatic rings. The largest absolute Gasteiger partial charge is 0.442 e. The van der Waals surface area contributed by atoms with Crippen LogP contribution >= 0.6 is 0 Å². The SMILES string of the molecule is CC(C)(C)OC(=O)N=CC1CCC(N(CC2CC2)c2ccccc2)CC1. The highest BCUT2D eigenvalue weighted by Crippen LogP contribution is 2.36. The summed E-state index contributed by atoms with van der Waals surface area (Å²) >= 11 is 0. The van der Waals surface area contributed by atoms with Crippen LogP contribution in [0.3, 0.4) is 0 Å². The van der Waals surface area contributed by atoms with Crippen molar-refractivity contribution in [2.75, 3.05) is 11.4 Å². The van der Waals surface area contributed by atoms with Crippen molar-refractivity contribution in [2.45, 2.75) is 70.9 Å². The Morgan fingerprint density at radius 3 is 2.35 bits per heavy atom. The van der Waals surface area contributed by atoms with Gasteiger partial charge in [-0.2, -0.15) is 4.99 Å². The molecule has 0 aromatic heterocycles. The predicted molar refractivity (Wildman–Crippen MR) is 107 cm³/mol. The molecule has 0 heterocycles. The number of rotatable bonds is 5. The van der Waals surface area contributed by atoms with E-state index in [1.807, 2.05) is 27.0 Å². The van der Waals surface area contributed by atoms with Gasteiger partial charge in [-0.1, -0.05) is 18.2 Å². The number of amides is 1. The van der Waals surface area contributed by atoms with Crippen molar-refractivity contribution >= 4 is 18.0 Å². The Labute approximate surface area is 157 Å². The third kappa shape index (κ3) is 5.86. The van der Waals surface area contributed by atoms with Crippen molar-refractivity contribution in [3.8, 4) is 0 Å². The maximum Gasteiger partial charge on any atom is 0.433 e. The van der Waals surface area contributed by atoms with Gasteiger partial charge in [0.25, 0.3) is 0 Å². The van der Waals surface area contributed by atoms with E-state index < -0.39 is 11.7 Å². The van der Waals surface area contributed by atoms with Crippen LogP contribution in [0, 0.1) is 11.8 Å². The van der Waals surface area contributed by atoms with Crippen LogP contribution in [-0.2, 0) is 4.74 Å². The Hall–Kier alpha value is -1.84. The molecule has 0 N–H and O–H groups in total. The quantitative estimate of drug-likeness (QED) is 0.657. The van der Waals surface area contributed by atoms with Crippen LogP contribution < -0.4 is 4.90 Å². The summed E-state index contributed by atoms with van der Waals surface area (Å²) in [5, 5.41) is 0. The lowest BCUT2D eigenvalue weighted by Gasteiger charge is -2.38. The number of anilines is 1. The topological polar surface area (TPSA) is 41.9 Å². The van der Waals surface area contributed by atoms with Crippen molar-refractivity contribution in [2.24, 2.45) is 16.8 Å². The minimum atomic E-state index is -0.481. The molecule has 0 radical (unpaired) electrons. The predicted octanol–water partition coefficient (Wildman–Crippen LogP) is 5.47. The molecule has 26 heavy (non-hydrogen) atoms. The third-order valence-corrected chi connectivity index (χ3v) is 5.21. The van der Waals surface area contributed by atoms with Gasteiger partial charge in [0, 0.05) is 24.5 Å². The molecule has 0 spiro atoms. The van der Waals surface area contributed by atoms with Crippen LogP contribution in [0.4, 0.5) is 10.5 Å². The van der Waals surface area contributed by atoms with Gasteiger partial charge in [0.2, 0.25) is 0 Å². The molecule has 3 rings (SSSR count). The number of para-hydroxylation sites is 1. The number of carbonyl (C=O) groups is 1. The molecule has 142 valence electrons. The first-order valence-corrected chi connectivity index (χ1v) is 9.99. The zero-order valence-corrected chi connectivity index (χ0v) is 16.4. The first-order valence-electron chi connectivity index (χ1n) is 9.99. The second kappa shape index (κ2) is 8.24. The Balaban J connectivity index is 1.53. The summed E-state index contributed by atoms with van der Waals surface area (Å²) in [5.41, 5.74) is 0.871. The molecule has 0 saturated heterocycles. The molecule has 1 amide bonds. The molecule has 4 nitrogen and oxygen atoms in total. The molecule has 0 unspecified atom stereocenters. The minimum absolute atomic E-state index is 0.386. The van der Waals surface area contributed by atoms with Crippen molar-refractivity contribution in [3.05, 3.63) is 30.3 Å². The van der Waals surface area contributed by atoms with Crippen molar-refractivity contribution in [1.82, 2.24) is 0 Å². The van der Waals surface area contributed by atoms with Crippen LogP contribution in [-0.4, -0.2) is 30.5 Å². The van der Waals surface area contributed by atoms with Crippen molar-refractivity contribution in [1.29, 1.82) is 0 Å². The highest BCUT2D eigenvalue weighted by Gasteiger charge is 2.30. The summed E-state index contributed by atoms with van der Waals surface area (Å²) in [6, 6.07) is 11.4. The molecule has 2 saturated carbocycles. The van der Waals surface area contributed by atoms with E-state index in [1.165, 1.54) is 25.1 Å². The number of ether oxygens (including phenoxy) is 1. The van der Waals surface area contributed by atoms with E-state index in [4.69, 9.17) is 4.74 Å². The summed E-state index contributed by atoms with van der Waals surface area (Å²) in [6.07, 6.45) is 8.59. The number of nitrogens with zero attached hydrogens (tertiary/aromatic N) is 2. The highest BCUT2D eigenvalue weighted by atomic mass is 16.6. The standard InChI is InChI=1S/C22H32N2O2/c1-22(2,3)26-21(25)23-15-17-11-13-20(14-12-17)24(16-18-9-10-18)19-7-5-4-6-8-19/h4-8,15,17-18,20H,9-14,16H2,1-3H3. The fourth-order valence-electron chi connectivity index (χ4n) is 3.68. The molecule has 4 heteroatoms. The maximum atomic E-state index is 11.8. The number of aliphatic imine (C=N–C) groups is 1. The zero-order valence-electron chi connectivity index (χ0n) is 16.4. The van der Waals surface area contributed by atoms with Crippen molar-refractivity contribution in [3.63, 3.8) is 0 Å². The molecule has 2 aliphatic carbocycles. The zero-order chi connectivity index (χ0) is 18.6. The first-order chi connectivity index (χ1) is 12.4. The van der Waals surface area contributed by atoms with Gasteiger partial charge < -0.3 is 9.64 Å². The van der Waals surface area contributed by atoms with E-state index in [9.17, 15) is 4.79 Å². The average Bonchev–Trinajstić information content (AvgIpc) is 3.42. The van der Waals surface area contributed by atoms with Gasteiger partial charge >= 0.3 is 6.09 Å². The van der Waals surface area contributed by atoms with E-state index >= 15 is 0 Å². The fraction of sp³-hybridized carbons (Fsp3) is 0.636. The number of hydrogen-bond acceptors (Lipinski definition) is 3. The average molecular weight is 357 g/mol.